The Kier molecular flexibility index (Phi) is 5.61. The Labute approximate surface area is 138 Å². The van der Waals surface area contributed by atoms with Gasteiger partial charge in [-0.25, -0.2) is 4.98 Å². The number of ether oxygens (including phenoxy) is 1. The highest BCUT2D eigenvalue weighted by Gasteiger charge is 2.09. The monoisotopic (exact) mass is 311 g/mol. The lowest BCUT2D eigenvalue weighted by atomic mass is 10.0. The van der Waals surface area contributed by atoms with Gasteiger partial charge in [0.2, 0.25) is 0 Å². The van der Waals surface area contributed by atoms with Crippen molar-refractivity contribution in [1.29, 1.82) is 0 Å². The quantitative estimate of drug-likeness (QED) is 0.890. The van der Waals surface area contributed by atoms with Crippen molar-refractivity contribution < 1.29 is 4.74 Å². The van der Waals surface area contributed by atoms with Crippen LogP contribution in [0, 0.1) is 0 Å². The van der Waals surface area contributed by atoms with Crippen LogP contribution in [0.5, 0.6) is 0 Å². The normalized spacial score (nSPS) is 15.5. The van der Waals surface area contributed by atoms with E-state index in [0.717, 1.165) is 57.2 Å². The summed E-state index contributed by atoms with van der Waals surface area (Å²) < 4.78 is 5.36. The number of aromatic nitrogens is 1. The number of morpholine rings is 1. The molecule has 1 N–H and O–H groups in total. The third kappa shape index (κ3) is 4.53. The van der Waals surface area contributed by atoms with E-state index in [-0.39, 0.29) is 0 Å². The standard InChI is InChI=1S/C19H25N3O/c1-2-16-3-5-17(6-4-16)18-7-8-19(21-15-18)20-9-10-22-11-13-23-14-12-22/h3-8,15H,2,9-14H2,1H3,(H,20,21). The SMILES string of the molecule is CCc1ccc(-c2ccc(NCCN3CCOCC3)nc2)cc1. The molecule has 0 saturated carbocycles. The maximum absolute atomic E-state index is 5.36. The first kappa shape index (κ1) is 16.0. The van der Waals surface area contributed by atoms with Crippen LogP contribution in [0.2, 0.25) is 0 Å². The van der Waals surface area contributed by atoms with Crippen molar-refractivity contribution in [2.45, 2.75) is 13.3 Å². The number of pyridine rings is 1. The van der Waals surface area contributed by atoms with Gasteiger partial charge in [0.15, 0.2) is 0 Å². The molecule has 0 aliphatic carbocycles. The first-order chi connectivity index (χ1) is 11.3. The number of nitrogens with one attached hydrogen (secondary N) is 1. The van der Waals surface area contributed by atoms with Crippen LogP contribution < -0.4 is 5.32 Å². The topological polar surface area (TPSA) is 37.4 Å². The minimum absolute atomic E-state index is 0.851. The van der Waals surface area contributed by atoms with E-state index in [0.29, 0.717) is 0 Å². The van der Waals surface area contributed by atoms with E-state index < -0.39 is 0 Å². The second-order valence-corrected chi connectivity index (χ2v) is 5.86. The molecule has 3 rings (SSSR count). The molecule has 0 spiro atoms. The smallest absolute Gasteiger partial charge is 0.125 e. The van der Waals surface area contributed by atoms with Crippen LogP contribution in [0.1, 0.15) is 12.5 Å². The average Bonchev–Trinajstić information content (AvgIpc) is 2.63. The maximum Gasteiger partial charge on any atom is 0.125 e. The Bertz CT molecular complexity index is 589. The van der Waals surface area contributed by atoms with Gasteiger partial charge < -0.3 is 10.1 Å². The van der Waals surface area contributed by atoms with Gasteiger partial charge in [-0.3, -0.25) is 4.90 Å². The molecule has 0 amide bonds. The Morgan fingerprint density at radius 1 is 1.04 bits per heavy atom. The molecule has 1 fully saturated rings. The third-order valence-electron chi connectivity index (χ3n) is 4.30. The van der Waals surface area contributed by atoms with E-state index >= 15 is 0 Å². The molecular weight excluding hydrogens is 286 g/mol. The molecule has 1 saturated heterocycles. The minimum Gasteiger partial charge on any atom is -0.379 e. The van der Waals surface area contributed by atoms with Gasteiger partial charge in [0, 0.05) is 37.9 Å². The Morgan fingerprint density at radius 2 is 1.78 bits per heavy atom. The summed E-state index contributed by atoms with van der Waals surface area (Å²) in [5.74, 6) is 0.937. The van der Waals surface area contributed by atoms with Crippen molar-refractivity contribution in [1.82, 2.24) is 9.88 Å². The van der Waals surface area contributed by atoms with E-state index in [1.165, 1.54) is 11.1 Å². The van der Waals surface area contributed by atoms with E-state index in [9.17, 15) is 0 Å². The summed E-state index contributed by atoms with van der Waals surface area (Å²) in [6.07, 6.45) is 3.02. The number of hydrogen-bond acceptors (Lipinski definition) is 4. The summed E-state index contributed by atoms with van der Waals surface area (Å²) in [5.41, 5.74) is 3.74. The lowest BCUT2D eigenvalue weighted by molar-refractivity contribution is 0.0398. The molecule has 1 aliphatic heterocycles. The highest BCUT2D eigenvalue weighted by atomic mass is 16.5. The van der Waals surface area contributed by atoms with Crippen molar-refractivity contribution >= 4 is 5.82 Å². The molecule has 0 bridgehead atoms. The number of hydrogen-bond donors (Lipinski definition) is 1. The first-order valence-electron chi connectivity index (χ1n) is 8.44. The van der Waals surface area contributed by atoms with Crippen LogP contribution in [-0.2, 0) is 11.2 Å². The van der Waals surface area contributed by atoms with E-state index in [2.05, 4.69) is 58.5 Å². The third-order valence-corrected chi connectivity index (χ3v) is 4.30. The fourth-order valence-corrected chi connectivity index (χ4v) is 2.77. The molecule has 4 heteroatoms. The zero-order valence-electron chi connectivity index (χ0n) is 13.8. The first-order valence-corrected chi connectivity index (χ1v) is 8.44. The van der Waals surface area contributed by atoms with Gasteiger partial charge in [-0.15, -0.1) is 0 Å². The Hall–Kier alpha value is -1.91. The number of anilines is 1. The lowest BCUT2D eigenvalue weighted by Crippen LogP contribution is -2.39. The molecule has 0 unspecified atom stereocenters. The summed E-state index contributed by atoms with van der Waals surface area (Å²) in [7, 11) is 0. The van der Waals surface area contributed by atoms with Crippen LogP contribution >= 0.6 is 0 Å². The second-order valence-electron chi connectivity index (χ2n) is 5.86. The number of nitrogens with zero attached hydrogens (tertiary/aromatic N) is 2. The van der Waals surface area contributed by atoms with Crippen LogP contribution in [0.3, 0.4) is 0 Å². The summed E-state index contributed by atoms with van der Waals surface area (Å²) in [6, 6.07) is 12.9. The lowest BCUT2D eigenvalue weighted by Gasteiger charge is -2.26. The number of rotatable bonds is 6. The van der Waals surface area contributed by atoms with Crippen LogP contribution in [0.4, 0.5) is 5.82 Å². The summed E-state index contributed by atoms with van der Waals surface area (Å²) in [4.78, 5) is 6.94. The molecule has 122 valence electrons. The van der Waals surface area contributed by atoms with Gasteiger partial charge in [0.25, 0.3) is 0 Å². The van der Waals surface area contributed by atoms with Gasteiger partial charge in [-0.2, -0.15) is 0 Å². The predicted octanol–water partition coefficient (Wildman–Crippen LogP) is 3.06. The van der Waals surface area contributed by atoms with Gasteiger partial charge in [-0.1, -0.05) is 31.2 Å². The maximum atomic E-state index is 5.36. The van der Waals surface area contributed by atoms with Crippen LogP contribution in [0.25, 0.3) is 11.1 Å². The molecule has 4 nitrogen and oxygen atoms in total. The Morgan fingerprint density at radius 3 is 2.43 bits per heavy atom. The van der Waals surface area contributed by atoms with Crippen molar-refractivity contribution in [3.8, 4) is 11.1 Å². The zero-order valence-corrected chi connectivity index (χ0v) is 13.8. The average molecular weight is 311 g/mol. The minimum atomic E-state index is 0.851. The second kappa shape index (κ2) is 8.09. The van der Waals surface area contributed by atoms with E-state index in [4.69, 9.17) is 4.74 Å². The van der Waals surface area contributed by atoms with Gasteiger partial charge in [-0.05, 0) is 29.7 Å². The zero-order chi connectivity index (χ0) is 15.9. The molecule has 0 radical (unpaired) electrons. The number of aryl methyl sites for hydroxylation is 1. The van der Waals surface area contributed by atoms with E-state index in [1.807, 2.05) is 6.20 Å². The Balaban J connectivity index is 1.51. The summed E-state index contributed by atoms with van der Waals surface area (Å²) in [5, 5.41) is 3.40. The molecule has 1 aromatic carbocycles. The predicted molar refractivity (Wildman–Crippen MR) is 94.8 cm³/mol. The van der Waals surface area contributed by atoms with Gasteiger partial charge in [0.1, 0.15) is 5.82 Å². The van der Waals surface area contributed by atoms with E-state index in [1.54, 1.807) is 0 Å². The fourth-order valence-electron chi connectivity index (χ4n) is 2.77. The largest absolute Gasteiger partial charge is 0.379 e. The molecule has 2 heterocycles. The molecule has 1 aromatic heterocycles. The number of benzene rings is 1. The highest BCUT2D eigenvalue weighted by Crippen LogP contribution is 2.20. The summed E-state index contributed by atoms with van der Waals surface area (Å²) >= 11 is 0. The van der Waals surface area contributed by atoms with Crippen molar-refractivity contribution in [2.75, 3.05) is 44.7 Å². The molecule has 2 aromatic rings. The highest BCUT2D eigenvalue weighted by molar-refractivity contribution is 5.64. The van der Waals surface area contributed by atoms with Crippen molar-refractivity contribution in [2.24, 2.45) is 0 Å². The summed E-state index contributed by atoms with van der Waals surface area (Å²) in [6.45, 7) is 7.88. The van der Waals surface area contributed by atoms with Gasteiger partial charge in [0.05, 0.1) is 13.2 Å². The molecular formula is C19H25N3O. The van der Waals surface area contributed by atoms with Crippen LogP contribution in [0.15, 0.2) is 42.6 Å². The molecule has 23 heavy (non-hydrogen) atoms. The fraction of sp³-hybridized carbons (Fsp3) is 0.421. The van der Waals surface area contributed by atoms with Crippen LogP contribution in [-0.4, -0.2) is 49.3 Å². The molecule has 0 atom stereocenters. The van der Waals surface area contributed by atoms with Crippen molar-refractivity contribution in [3.63, 3.8) is 0 Å². The van der Waals surface area contributed by atoms with Crippen molar-refractivity contribution in [3.05, 3.63) is 48.2 Å². The molecule has 1 aliphatic rings. The van der Waals surface area contributed by atoms with Gasteiger partial charge >= 0.3 is 0 Å².